The van der Waals surface area contributed by atoms with E-state index in [1.54, 1.807) is 36.2 Å². The summed E-state index contributed by atoms with van der Waals surface area (Å²) in [5.41, 5.74) is 0.500. The largest absolute Gasteiger partial charge is 0.396 e. The molecule has 0 saturated carbocycles. The molecule has 1 saturated heterocycles. The molecule has 1 aromatic rings. The number of carbonyl (C=O) groups is 3. The fraction of sp³-hybridized carbons (Fsp3) is 0.577. The second-order valence-corrected chi connectivity index (χ2v) is 9.57. The number of anilines is 1. The number of nitrogens with zero attached hydrogens (tertiary/aromatic N) is 1. The van der Waals surface area contributed by atoms with E-state index in [1.807, 2.05) is 12.2 Å². The number of allylic oxidation sites excluding steroid dienone is 1. The molecule has 1 fully saturated rings. The van der Waals surface area contributed by atoms with Gasteiger partial charge in [0.2, 0.25) is 17.7 Å². The van der Waals surface area contributed by atoms with Gasteiger partial charge in [-0.05, 0) is 37.3 Å². The number of carbonyl (C=O) groups excluding carboxylic acids is 3. The second kappa shape index (κ2) is 12.4. The zero-order valence-corrected chi connectivity index (χ0v) is 20.8. The number of likely N-dealkylation sites (tertiary alicyclic amines) is 1. The molecule has 3 amide bonds. The number of unbranched alkanes of at least 4 members (excludes halogenated alkanes) is 3. The van der Waals surface area contributed by atoms with Crippen molar-refractivity contribution in [3.8, 4) is 0 Å². The molecule has 34 heavy (non-hydrogen) atoms. The van der Waals surface area contributed by atoms with Crippen LogP contribution in [0.25, 0.3) is 0 Å². The van der Waals surface area contributed by atoms with E-state index < -0.39 is 17.9 Å². The number of fused-ring (bicyclic) bond motifs is 1. The first-order valence-electron chi connectivity index (χ1n) is 12.3. The molecule has 2 aliphatic rings. The van der Waals surface area contributed by atoms with Gasteiger partial charge in [0, 0.05) is 26.1 Å². The van der Waals surface area contributed by atoms with Crippen LogP contribution in [0.1, 0.15) is 45.4 Å². The maximum absolute atomic E-state index is 13.7. The minimum atomic E-state index is -0.711. The van der Waals surface area contributed by atoms with Gasteiger partial charge in [-0.1, -0.05) is 62.1 Å². The molecule has 3 N–H and O–H groups in total. The first-order valence-corrected chi connectivity index (χ1v) is 12.7. The van der Waals surface area contributed by atoms with Gasteiger partial charge in [0.25, 0.3) is 0 Å². The minimum Gasteiger partial charge on any atom is -0.396 e. The van der Waals surface area contributed by atoms with Crippen molar-refractivity contribution in [1.29, 1.82) is 0 Å². The van der Waals surface area contributed by atoms with E-state index in [0.717, 1.165) is 38.5 Å². The predicted octanol–water partition coefficient (Wildman–Crippen LogP) is 3.62. The third-order valence-corrected chi connectivity index (χ3v) is 7.32. The Labute approximate surface area is 206 Å². The van der Waals surface area contributed by atoms with Crippen LogP contribution >= 0.6 is 11.6 Å². The van der Waals surface area contributed by atoms with Crippen LogP contribution in [0.5, 0.6) is 0 Å². The van der Waals surface area contributed by atoms with E-state index in [2.05, 4.69) is 17.6 Å². The summed E-state index contributed by atoms with van der Waals surface area (Å²) in [6, 6.07) is 6.31. The van der Waals surface area contributed by atoms with Crippen molar-refractivity contribution in [2.24, 2.45) is 23.7 Å². The van der Waals surface area contributed by atoms with Crippen LogP contribution in [0.3, 0.4) is 0 Å². The van der Waals surface area contributed by atoms with E-state index in [0.29, 0.717) is 17.3 Å². The van der Waals surface area contributed by atoms with Crippen LogP contribution in [0.2, 0.25) is 5.02 Å². The van der Waals surface area contributed by atoms with Gasteiger partial charge in [-0.15, -0.1) is 0 Å². The molecule has 7 nitrogen and oxygen atoms in total. The third-order valence-electron chi connectivity index (χ3n) is 6.99. The Balaban J connectivity index is 1.91. The smallest absolute Gasteiger partial charge is 0.247 e. The molecule has 0 radical (unpaired) electrons. The number of hydrogen-bond acceptors (Lipinski definition) is 4. The number of aliphatic hydroxyl groups is 1. The maximum atomic E-state index is 13.7. The van der Waals surface area contributed by atoms with Crippen molar-refractivity contribution in [3.63, 3.8) is 0 Å². The molecule has 0 spiro atoms. The van der Waals surface area contributed by atoms with Crippen molar-refractivity contribution in [2.75, 3.05) is 25.5 Å². The van der Waals surface area contributed by atoms with Crippen molar-refractivity contribution >= 4 is 35.0 Å². The Morgan fingerprint density at radius 3 is 2.50 bits per heavy atom. The van der Waals surface area contributed by atoms with E-state index in [9.17, 15) is 14.4 Å². The molecule has 186 valence electrons. The van der Waals surface area contributed by atoms with Crippen LogP contribution < -0.4 is 10.6 Å². The van der Waals surface area contributed by atoms with Gasteiger partial charge >= 0.3 is 0 Å². The zero-order chi connectivity index (χ0) is 24.7. The lowest BCUT2D eigenvalue weighted by atomic mass is 9.68. The van der Waals surface area contributed by atoms with Crippen LogP contribution in [-0.4, -0.2) is 54.0 Å². The van der Waals surface area contributed by atoms with Gasteiger partial charge in [-0.3, -0.25) is 14.4 Å². The van der Waals surface area contributed by atoms with Gasteiger partial charge in [0.05, 0.1) is 22.5 Å². The summed E-state index contributed by atoms with van der Waals surface area (Å²) < 4.78 is 0. The average molecular weight is 490 g/mol. The zero-order valence-electron chi connectivity index (χ0n) is 20.0. The number of nitrogens with one attached hydrogen (secondary N) is 2. The highest BCUT2D eigenvalue weighted by atomic mass is 35.5. The van der Waals surface area contributed by atoms with Gasteiger partial charge in [0.15, 0.2) is 0 Å². The summed E-state index contributed by atoms with van der Waals surface area (Å²) in [6.45, 7) is 2.65. The maximum Gasteiger partial charge on any atom is 0.247 e. The molecular weight excluding hydrogens is 454 g/mol. The molecule has 1 aliphatic heterocycles. The lowest BCUT2D eigenvalue weighted by Gasteiger charge is -2.34. The quantitative estimate of drug-likeness (QED) is 0.326. The first kappa shape index (κ1) is 26.2. The van der Waals surface area contributed by atoms with E-state index >= 15 is 0 Å². The fourth-order valence-electron chi connectivity index (χ4n) is 5.39. The van der Waals surface area contributed by atoms with Crippen LogP contribution in [0.15, 0.2) is 36.4 Å². The summed E-state index contributed by atoms with van der Waals surface area (Å²) in [4.78, 5) is 41.9. The van der Waals surface area contributed by atoms with Gasteiger partial charge in [0.1, 0.15) is 6.04 Å². The number of halogens is 1. The summed E-state index contributed by atoms with van der Waals surface area (Å²) >= 11 is 6.26. The number of para-hydroxylation sites is 1. The summed E-state index contributed by atoms with van der Waals surface area (Å²) in [5.74, 6) is -2.07. The van der Waals surface area contributed by atoms with Crippen molar-refractivity contribution < 1.29 is 19.5 Å². The summed E-state index contributed by atoms with van der Waals surface area (Å²) in [5, 5.41) is 15.1. The first-order chi connectivity index (χ1) is 16.4. The summed E-state index contributed by atoms with van der Waals surface area (Å²) in [6.07, 6.45) is 8.88. The Hall–Kier alpha value is -2.38. The van der Waals surface area contributed by atoms with E-state index in [1.165, 1.54) is 0 Å². The second-order valence-electron chi connectivity index (χ2n) is 9.16. The standard InChI is InChI=1S/C26H36ClN3O4/c1-3-10-17-13-14-18-22(21(17)24(32)28-2)26(34)30(15-8-4-5-9-16-31)23(18)25(33)29-20-12-7-6-11-19(20)27/h6-7,11-14,17-18,21-23,31H,3-5,8-10,15-16H2,1-2H3,(H,28,32)(H,29,33)/t17-,18+,21-,22+,23+/m1/s1. The molecule has 8 heteroatoms. The number of hydrogen-bond donors (Lipinski definition) is 3. The molecular formula is C26H36ClN3O4. The average Bonchev–Trinajstić information content (AvgIpc) is 3.11. The topological polar surface area (TPSA) is 98.7 Å². The molecule has 0 unspecified atom stereocenters. The van der Waals surface area contributed by atoms with Crippen LogP contribution in [0, 0.1) is 23.7 Å². The number of rotatable bonds is 11. The van der Waals surface area contributed by atoms with Crippen LogP contribution in [0.4, 0.5) is 5.69 Å². The van der Waals surface area contributed by atoms with Crippen LogP contribution in [-0.2, 0) is 14.4 Å². The lowest BCUT2D eigenvalue weighted by Crippen LogP contribution is -2.45. The highest BCUT2D eigenvalue weighted by Crippen LogP contribution is 2.45. The Morgan fingerprint density at radius 1 is 1.09 bits per heavy atom. The molecule has 1 aliphatic carbocycles. The summed E-state index contributed by atoms with van der Waals surface area (Å²) in [7, 11) is 1.60. The third kappa shape index (κ3) is 5.63. The Kier molecular flexibility index (Phi) is 9.54. The van der Waals surface area contributed by atoms with E-state index in [4.69, 9.17) is 16.7 Å². The number of benzene rings is 1. The Morgan fingerprint density at radius 2 is 1.82 bits per heavy atom. The molecule has 1 heterocycles. The fourth-order valence-corrected chi connectivity index (χ4v) is 5.57. The van der Waals surface area contributed by atoms with Gasteiger partial charge in [-0.2, -0.15) is 0 Å². The normalized spacial score (nSPS) is 25.8. The molecule has 0 aromatic heterocycles. The molecule has 3 rings (SSSR count). The highest BCUT2D eigenvalue weighted by molar-refractivity contribution is 6.33. The van der Waals surface area contributed by atoms with Crippen molar-refractivity contribution in [1.82, 2.24) is 10.2 Å². The Bertz CT molecular complexity index is 906. The molecule has 5 atom stereocenters. The van der Waals surface area contributed by atoms with Gasteiger partial charge in [-0.25, -0.2) is 0 Å². The van der Waals surface area contributed by atoms with Crippen molar-refractivity contribution in [3.05, 3.63) is 41.4 Å². The predicted molar refractivity (Wildman–Crippen MR) is 133 cm³/mol. The lowest BCUT2D eigenvalue weighted by molar-refractivity contribution is -0.140. The highest BCUT2D eigenvalue weighted by Gasteiger charge is 2.56. The number of aliphatic hydroxyl groups excluding tert-OH is 1. The molecule has 0 bridgehead atoms. The van der Waals surface area contributed by atoms with Gasteiger partial charge < -0.3 is 20.6 Å². The molecule has 1 aromatic carbocycles. The van der Waals surface area contributed by atoms with E-state index in [-0.39, 0.29) is 36.2 Å². The SMILES string of the molecule is CCC[C@@H]1C=C[C@H]2[C@H](C(=O)N(CCCCCCO)[C@@H]2C(=O)Nc2ccccc2Cl)[C@@H]1C(=O)NC. The number of amides is 3. The monoisotopic (exact) mass is 489 g/mol. The minimum absolute atomic E-state index is 0.0352. The van der Waals surface area contributed by atoms with Crippen molar-refractivity contribution in [2.45, 2.75) is 51.5 Å².